The maximum atomic E-state index is 6.27. The van der Waals surface area contributed by atoms with Crippen molar-refractivity contribution in [3.05, 3.63) is 22.5 Å². The van der Waals surface area contributed by atoms with E-state index >= 15 is 0 Å². The molecule has 0 saturated carbocycles. The molecule has 2 aromatic heterocycles. The molecule has 0 unspecified atom stereocenters. The van der Waals surface area contributed by atoms with Crippen LogP contribution in [0.2, 0.25) is 5.02 Å². The molecular formula is C11H15ClN6S. The molecule has 0 aliphatic carbocycles. The molecule has 102 valence electrons. The number of nitrogens with two attached hydrogens (primary N) is 2. The van der Waals surface area contributed by atoms with Crippen LogP contribution in [0, 0.1) is 0 Å². The van der Waals surface area contributed by atoms with Gasteiger partial charge in [0.1, 0.15) is 11.6 Å². The van der Waals surface area contributed by atoms with Gasteiger partial charge >= 0.3 is 0 Å². The lowest BCUT2D eigenvalue weighted by molar-refractivity contribution is 0.719. The van der Waals surface area contributed by atoms with Gasteiger partial charge in [0.25, 0.3) is 0 Å². The predicted molar refractivity (Wildman–Crippen MR) is 78.0 cm³/mol. The molecule has 0 aromatic carbocycles. The lowest BCUT2D eigenvalue weighted by Crippen LogP contribution is -2.01. The quantitative estimate of drug-likeness (QED) is 0.661. The van der Waals surface area contributed by atoms with Crippen molar-refractivity contribution >= 4 is 35.0 Å². The zero-order chi connectivity index (χ0) is 14.0. The highest BCUT2D eigenvalue weighted by atomic mass is 35.5. The van der Waals surface area contributed by atoms with Gasteiger partial charge in [-0.2, -0.15) is 5.10 Å². The van der Waals surface area contributed by atoms with Crippen molar-refractivity contribution in [1.82, 2.24) is 19.7 Å². The number of anilines is 2. The molecule has 0 radical (unpaired) electrons. The van der Waals surface area contributed by atoms with Crippen LogP contribution in [0.15, 0.2) is 11.2 Å². The maximum absolute atomic E-state index is 6.27. The van der Waals surface area contributed by atoms with Crippen LogP contribution in [0.3, 0.4) is 0 Å². The first-order valence-corrected chi connectivity index (χ1v) is 7.10. The third kappa shape index (κ3) is 3.10. The smallest absolute Gasteiger partial charge is 0.191 e. The second-order valence-electron chi connectivity index (χ2n) is 3.97. The number of aromatic nitrogens is 4. The van der Waals surface area contributed by atoms with E-state index in [9.17, 15) is 0 Å². The fourth-order valence-electron chi connectivity index (χ4n) is 1.64. The van der Waals surface area contributed by atoms with Crippen molar-refractivity contribution in [2.45, 2.75) is 24.3 Å². The van der Waals surface area contributed by atoms with Crippen LogP contribution < -0.4 is 11.5 Å². The first kappa shape index (κ1) is 14.0. The van der Waals surface area contributed by atoms with Crippen LogP contribution >= 0.6 is 23.4 Å². The molecule has 6 nitrogen and oxygen atoms in total. The Kier molecular flexibility index (Phi) is 4.16. The van der Waals surface area contributed by atoms with Crippen molar-refractivity contribution < 1.29 is 0 Å². The summed E-state index contributed by atoms with van der Waals surface area (Å²) < 4.78 is 1.78. The van der Waals surface area contributed by atoms with Gasteiger partial charge in [-0.25, -0.2) is 9.97 Å². The van der Waals surface area contributed by atoms with Crippen LogP contribution in [-0.4, -0.2) is 19.7 Å². The Bertz CT molecular complexity index is 577. The Hall–Kier alpha value is -1.47. The lowest BCUT2D eigenvalue weighted by Gasteiger charge is -2.03. The van der Waals surface area contributed by atoms with Crippen molar-refractivity contribution in [2.75, 3.05) is 11.5 Å². The summed E-state index contributed by atoms with van der Waals surface area (Å²) in [5.41, 5.74) is 13.1. The van der Waals surface area contributed by atoms with E-state index in [0.29, 0.717) is 27.6 Å². The summed E-state index contributed by atoms with van der Waals surface area (Å²) >= 11 is 7.70. The van der Waals surface area contributed by atoms with Gasteiger partial charge in [-0.15, -0.1) is 0 Å². The predicted octanol–water partition coefficient (Wildman–Crippen LogP) is 1.88. The van der Waals surface area contributed by atoms with Gasteiger partial charge in [0.05, 0.1) is 16.4 Å². The van der Waals surface area contributed by atoms with Crippen LogP contribution in [0.1, 0.15) is 18.3 Å². The summed E-state index contributed by atoms with van der Waals surface area (Å²) in [5.74, 6) is 1.34. The molecule has 19 heavy (non-hydrogen) atoms. The Morgan fingerprint density at radius 3 is 2.47 bits per heavy atom. The van der Waals surface area contributed by atoms with E-state index in [0.717, 1.165) is 17.8 Å². The summed E-state index contributed by atoms with van der Waals surface area (Å²) in [7, 11) is 1.87. The molecule has 0 bridgehead atoms. The molecule has 0 aliphatic rings. The van der Waals surface area contributed by atoms with Gasteiger partial charge in [-0.05, 0) is 6.42 Å². The summed E-state index contributed by atoms with van der Waals surface area (Å²) in [6.45, 7) is 2.02. The van der Waals surface area contributed by atoms with Crippen molar-refractivity contribution in [3.8, 4) is 0 Å². The fourth-order valence-corrected chi connectivity index (χ4v) is 3.01. The van der Waals surface area contributed by atoms with E-state index in [2.05, 4.69) is 15.1 Å². The number of halogens is 1. The number of aryl methyl sites for hydroxylation is 2. The third-order valence-corrected chi connectivity index (χ3v) is 3.88. The number of rotatable bonds is 4. The molecule has 0 fully saturated rings. The molecule has 0 aliphatic heterocycles. The van der Waals surface area contributed by atoms with E-state index in [4.69, 9.17) is 23.1 Å². The van der Waals surface area contributed by atoms with Gasteiger partial charge in [-0.1, -0.05) is 30.3 Å². The maximum Gasteiger partial charge on any atom is 0.191 e. The molecule has 2 heterocycles. The van der Waals surface area contributed by atoms with Crippen LogP contribution in [0.25, 0.3) is 0 Å². The third-order valence-electron chi connectivity index (χ3n) is 2.59. The highest BCUT2D eigenvalue weighted by molar-refractivity contribution is 7.98. The molecular weight excluding hydrogens is 284 g/mol. The molecule has 2 rings (SSSR count). The fraction of sp³-hybridized carbons (Fsp3) is 0.364. The standard InChI is InChI=1S/C11H15ClN6S/c1-3-6-10(12)7(18(2)17-6)5-19-11-15-8(13)4-9(14)16-11/h4H,3,5H2,1-2H3,(H4,13,14,15,16). The molecule has 0 atom stereocenters. The molecule has 2 aromatic rings. The summed E-state index contributed by atoms with van der Waals surface area (Å²) in [6.07, 6.45) is 0.805. The average Bonchev–Trinajstić information content (AvgIpc) is 2.61. The molecule has 0 saturated heterocycles. The van der Waals surface area contributed by atoms with Crippen LogP contribution in [-0.2, 0) is 19.2 Å². The number of nitrogens with zero attached hydrogens (tertiary/aromatic N) is 4. The van der Waals surface area contributed by atoms with Gasteiger partial charge in [0.15, 0.2) is 5.16 Å². The zero-order valence-electron chi connectivity index (χ0n) is 10.7. The van der Waals surface area contributed by atoms with Gasteiger partial charge in [0, 0.05) is 18.9 Å². The van der Waals surface area contributed by atoms with E-state index < -0.39 is 0 Å². The number of thioether (sulfide) groups is 1. The first-order valence-electron chi connectivity index (χ1n) is 5.74. The SMILES string of the molecule is CCc1nn(C)c(CSc2nc(N)cc(N)n2)c1Cl. The van der Waals surface area contributed by atoms with E-state index in [1.807, 2.05) is 14.0 Å². The zero-order valence-corrected chi connectivity index (χ0v) is 12.3. The number of nitrogen functional groups attached to an aromatic ring is 2. The van der Waals surface area contributed by atoms with Crippen LogP contribution in [0.5, 0.6) is 0 Å². The Labute approximate surface area is 120 Å². The van der Waals surface area contributed by atoms with Crippen molar-refractivity contribution in [3.63, 3.8) is 0 Å². The minimum absolute atomic E-state index is 0.361. The molecule has 8 heteroatoms. The average molecular weight is 299 g/mol. The Balaban J connectivity index is 2.16. The Morgan fingerprint density at radius 1 is 1.32 bits per heavy atom. The largest absolute Gasteiger partial charge is 0.383 e. The lowest BCUT2D eigenvalue weighted by atomic mass is 10.3. The van der Waals surface area contributed by atoms with Gasteiger partial charge < -0.3 is 11.5 Å². The van der Waals surface area contributed by atoms with E-state index in [-0.39, 0.29) is 0 Å². The van der Waals surface area contributed by atoms with E-state index in [1.54, 1.807) is 4.68 Å². The molecule has 0 amide bonds. The monoisotopic (exact) mass is 298 g/mol. The normalized spacial score (nSPS) is 10.9. The number of hydrogen-bond acceptors (Lipinski definition) is 6. The number of hydrogen-bond donors (Lipinski definition) is 2. The topological polar surface area (TPSA) is 95.6 Å². The summed E-state index contributed by atoms with van der Waals surface area (Å²) in [4.78, 5) is 8.22. The second kappa shape index (κ2) is 5.66. The highest BCUT2D eigenvalue weighted by Gasteiger charge is 2.14. The van der Waals surface area contributed by atoms with Crippen LogP contribution in [0.4, 0.5) is 11.6 Å². The van der Waals surface area contributed by atoms with E-state index in [1.165, 1.54) is 17.8 Å². The highest BCUT2D eigenvalue weighted by Crippen LogP contribution is 2.27. The minimum Gasteiger partial charge on any atom is -0.383 e. The minimum atomic E-state index is 0.361. The summed E-state index contributed by atoms with van der Waals surface area (Å²) in [5, 5.41) is 5.60. The summed E-state index contributed by atoms with van der Waals surface area (Å²) in [6, 6.07) is 1.52. The van der Waals surface area contributed by atoms with Gasteiger partial charge in [-0.3, -0.25) is 4.68 Å². The molecule has 4 N–H and O–H groups in total. The molecule has 0 spiro atoms. The van der Waals surface area contributed by atoms with Gasteiger partial charge in [0.2, 0.25) is 0 Å². The van der Waals surface area contributed by atoms with Crippen molar-refractivity contribution in [1.29, 1.82) is 0 Å². The van der Waals surface area contributed by atoms with Crippen molar-refractivity contribution in [2.24, 2.45) is 7.05 Å². The second-order valence-corrected chi connectivity index (χ2v) is 5.29. The first-order chi connectivity index (χ1) is 9.01. The Morgan fingerprint density at radius 2 is 1.95 bits per heavy atom.